The molecule has 1 aliphatic heterocycles. The van der Waals surface area contributed by atoms with Gasteiger partial charge in [-0.05, 0) is 12.8 Å². The molecular formula is C10H14N2O4. The van der Waals surface area contributed by atoms with Gasteiger partial charge in [0.1, 0.15) is 0 Å². The van der Waals surface area contributed by atoms with Crippen LogP contribution in [0.1, 0.15) is 24.5 Å². The van der Waals surface area contributed by atoms with Gasteiger partial charge in [0.2, 0.25) is 0 Å². The second-order valence-corrected chi connectivity index (χ2v) is 3.81. The van der Waals surface area contributed by atoms with Crippen LogP contribution in [0.2, 0.25) is 0 Å². The molecule has 2 heterocycles. The van der Waals surface area contributed by atoms with Crippen molar-refractivity contribution in [1.82, 2.24) is 9.97 Å². The fourth-order valence-corrected chi connectivity index (χ4v) is 1.90. The molecule has 1 aliphatic rings. The van der Waals surface area contributed by atoms with Crippen LogP contribution < -0.4 is 11.2 Å². The number of H-pyrrole nitrogens is 2. The van der Waals surface area contributed by atoms with Crippen LogP contribution in [0.15, 0.2) is 15.8 Å². The average molecular weight is 226 g/mol. The first kappa shape index (κ1) is 11.1. The molecule has 0 bridgehead atoms. The fraction of sp³-hybridized carbons (Fsp3) is 0.600. The molecule has 0 aromatic carbocycles. The van der Waals surface area contributed by atoms with E-state index in [2.05, 4.69) is 9.97 Å². The van der Waals surface area contributed by atoms with Gasteiger partial charge in [-0.3, -0.25) is 9.78 Å². The van der Waals surface area contributed by atoms with Crippen molar-refractivity contribution >= 4 is 0 Å². The summed E-state index contributed by atoms with van der Waals surface area (Å²) < 4.78 is 10.6. The van der Waals surface area contributed by atoms with Crippen LogP contribution in [0, 0.1) is 0 Å². The number of hydrogen-bond donors (Lipinski definition) is 2. The molecule has 0 saturated carbocycles. The molecule has 0 spiro atoms. The molecule has 1 aromatic rings. The minimum Gasteiger partial charge on any atom is -0.382 e. The molecule has 1 aromatic heterocycles. The average Bonchev–Trinajstić information content (AvgIpc) is 2.67. The van der Waals surface area contributed by atoms with E-state index in [0.717, 1.165) is 12.8 Å². The molecule has 0 amide bonds. The Labute approximate surface area is 91.6 Å². The van der Waals surface area contributed by atoms with Gasteiger partial charge in [0.15, 0.2) is 0 Å². The first-order valence-corrected chi connectivity index (χ1v) is 5.17. The molecule has 0 unspecified atom stereocenters. The molecule has 6 nitrogen and oxygen atoms in total. The molecule has 0 aliphatic carbocycles. The smallest absolute Gasteiger partial charge is 0.325 e. The highest BCUT2D eigenvalue weighted by Gasteiger charge is 2.28. The van der Waals surface area contributed by atoms with Gasteiger partial charge >= 0.3 is 5.69 Å². The number of nitrogens with one attached hydrogen (secondary N) is 2. The Bertz CT molecular complexity index is 464. The quantitative estimate of drug-likeness (QED) is 0.755. The predicted molar refractivity (Wildman–Crippen MR) is 56.4 cm³/mol. The summed E-state index contributed by atoms with van der Waals surface area (Å²) in [5, 5.41) is 0. The maximum absolute atomic E-state index is 11.5. The summed E-state index contributed by atoms with van der Waals surface area (Å²) >= 11 is 0. The summed E-state index contributed by atoms with van der Waals surface area (Å²) in [5.74, 6) is 0. The number of ether oxygens (including phenoxy) is 2. The van der Waals surface area contributed by atoms with E-state index in [-0.39, 0.29) is 17.8 Å². The maximum atomic E-state index is 11.5. The number of rotatable bonds is 3. The SMILES string of the molecule is COC[C@@H]1CC[C@H](c2c[nH]c(=O)[nH]c2=O)O1. The van der Waals surface area contributed by atoms with Crippen LogP contribution >= 0.6 is 0 Å². The lowest BCUT2D eigenvalue weighted by molar-refractivity contribution is -0.00283. The Morgan fingerprint density at radius 2 is 2.31 bits per heavy atom. The lowest BCUT2D eigenvalue weighted by Gasteiger charge is -2.11. The van der Waals surface area contributed by atoms with E-state index in [9.17, 15) is 9.59 Å². The van der Waals surface area contributed by atoms with Crippen LogP contribution in [0.5, 0.6) is 0 Å². The standard InChI is InChI=1S/C10H14N2O4/c1-15-5-6-2-3-8(16-6)7-4-11-10(14)12-9(7)13/h4,6,8H,2-3,5H2,1H3,(H2,11,12,13,14)/t6-,8+/m0/s1. The van der Waals surface area contributed by atoms with Gasteiger partial charge in [-0.25, -0.2) is 4.79 Å². The largest absolute Gasteiger partial charge is 0.382 e. The summed E-state index contributed by atoms with van der Waals surface area (Å²) in [6.45, 7) is 0.526. The molecule has 6 heteroatoms. The third kappa shape index (κ3) is 2.23. The fourth-order valence-electron chi connectivity index (χ4n) is 1.90. The number of methoxy groups -OCH3 is 1. The third-order valence-corrected chi connectivity index (χ3v) is 2.66. The lowest BCUT2D eigenvalue weighted by Crippen LogP contribution is -2.26. The van der Waals surface area contributed by atoms with Crippen molar-refractivity contribution in [3.63, 3.8) is 0 Å². The number of hydrogen-bond acceptors (Lipinski definition) is 4. The first-order valence-electron chi connectivity index (χ1n) is 5.17. The summed E-state index contributed by atoms with van der Waals surface area (Å²) in [4.78, 5) is 27.0. The van der Waals surface area contributed by atoms with E-state index in [4.69, 9.17) is 9.47 Å². The van der Waals surface area contributed by atoms with Crippen LogP contribution in [-0.4, -0.2) is 29.8 Å². The number of aromatic nitrogens is 2. The molecule has 2 rings (SSSR count). The summed E-state index contributed by atoms with van der Waals surface area (Å²) in [7, 11) is 1.61. The van der Waals surface area contributed by atoms with Crippen molar-refractivity contribution in [3.05, 3.63) is 32.6 Å². The maximum Gasteiger partial charge on any atom is 0.325 e. The van der Waals surface area contributed by atoms with Gasteiger partial charge in [-0.1, -0.05) is 0 Å². The zero-order valence-corrected chi connectivity index (χ0v) is 8.99. The normalized spacial score (nSPS) is 24.8. The Hall–Kier alpha value is -1.40. The molecular weight excluding hydrogens is 212 g/mol. The van der Waals surface area contributed by atoms with Gasteiger partial charge in [-0.15, -0.1) is 0 Å². The van der Waals surface area contributed by atoms with Crippen LogP contribution in [0.4, 0.5) is 0 Å². The van der Waals surface area contributed by atoms with Gasteiger partial charge in [0, 0.05) is 13.3 Å². The Balaban J connectivity index is 2.14. The minimum atomic E-state index is -0.500. The van der Waals surface area contributed by atoms with Crippen molar-refractivity contribution in [2.45, 2.75) is 25.0 Å². The second-order valence-electron chi connectivity index (χ2n) is 3.81. The van der Waals surface area contributed by atoms with Crippen LogP contribution in [0.3, 0.4) is 0 Å². The van der Waals surface area contributed by atoms with Crippen LogP contribution in [-0.2, 0) is 9.47 Å². The zero-order chi connectivity index (χ0) is 11.5. The molecule has 2 atom stereocenters. The highest BCUT2D eigenvalue weighted by atomic mass is 16.5. The van der Waals surface area contributed by atoms with Crippen molar-refractivity contribution < 1.29 is 9.47 Å². The molecule has 16 heavy (non-hydrogen) atoms. The van der Waals surface area contributed by atoms with E-state index in [1.165, 1.54) is 6.20 Å². The molecule has 88 valence electrons. The third-order valence-electron chi connectivity index (χ3n) is 2.66. The highest BCUT2D eigenvalue weighted by molar-refractivity contribution is 5.09. The van der Waals surface area contributed by atoms with E-state index in [0.29, 0.717) is 12.2 Å². The first-order chi connectivity index (χ1) is 7.70. The van der Waals surface area contributed by atoms with E-state index in [1.807, 2.05) is 0 Å². The van der Waals surface area contributed by atoms with Gasteiger partial charge < -0.3 is 14.5 Å². The summed E-state index contributed by atoms with van der Waals surface area (Å²) in [6, 6.07) is 0. The highest BCUT2D eigenvalue weighted by Crippen LogP contribution is 2.30. The van der Waals surface area contributed by atoms with E-state index < -0.39 is 5.69 Å². The molecule has 1 fully saturated rings. The van der Waals surface area contributed by atoms with Crippen molar-refractivity contribution in [3.8, 4) is 0 Å². The van der Waals surface area contributed by atoms with Crippen molar-refractivity contribution in [2.75, 3.05) is 13.7 Å². The topological polar surface area (TPSA) is 84.2 Å². The monoisotopic (exact) mass is 226 g/mol. The van der Waals surface area contributed by atoms with Crippen molar-refractivity contribution in [1.29, 1.82) is 0 Å². The number of aromatic amines is 2. The van der Waals surface area contributed by atoms with E-state index in [1.54, 1.807) is 7.11 Å². The van der Waals surface area contributed by atoms with Gasteiger partial charge in [0.25, 0.3) is 5.56 Å². The van der Waals surface area contributed by atoms with Crippen molar-refractivity contribution in [2.24, 2.45) is 0 Å². The zero-order valence-electron chi connectivity index (χ0n) is 8.99. The molecule has 0 radical (unpaired) electrons. The van der Waals surface area contributed by atoms with Crippen LogP contribution in [0.25, 0.3) is 0 Å². The summed E-state index contributed by atoms with van der Waals surface area (Å²) in [5.41, 5.74) is -0.412. The van der Waals surface area contributed by atoms with E-state index >= 15 is 0 Å². The van der Waals surface area contributed by atoms with Gasteiger partial charge in [0.05, 0.1) is 24.4 Å². The summed E-state index contributed by atoms with van der Waals surface area (Å²) in [6.07, 6.45) is 2.82. The minimum absolute atomic E-state index is 0.0290. The Morgan fingerprint density at radius 3 is 3.00 bits per heavy atom. The molecule has 2 N–H and O–H groups in total. The lowest BCUT2D eigenvalue weighted by atomic mass is 10.1. The van der Waals surface area contributed by atoms with Gasteiger partial charge in [-0.2, -0.15) is 0 Å². The Kier molecular flexibility index (Phi) is 3.21. The second kappa shape index (κ2) is 4.63. The Morgan fingerprint density at radius 1 is 1.50 bits per heavy atom. The predicted octanol–water partition coefficient (Wildman–Crippen LogP) is -0.0703. The molecule has 1 saturated heterocycles.